The van der Waals surface area contributed by atoms with E-state index in [1.807, 2.05) is 66.3 Å². The van der Waals surface area contributed by atoms with Crippen LogP contribution in [0.1, 0.15) is 5.56 Å². The zero-order valence-electron chi connectivity index (χ0n) is 12.9. The lowest BCUT2D eigenvalue weighted by atomic mass is 10.1. The van der Waals surface area contributed by atoms with Gasteiger partial charge in [-0.15, -0.1) is 0 Å². The van der Waals surface area contributed by atoms with Crippen LogP contribution in [0.5, 0.6) is 0 Å². The molecule has 3 aromatic rings. The SMILES string of the molecule is Cn1c(-c2ccccc2)c(N=Cc2ccc(Br)cc2)c(=O)n1C. The van der Waals surface area contributed by atoms with E-state index in [-0.39, 0.29) is 5.56 Å². The lowest BCUT2D eigenvalue weighted by Crippen LogP contribution is -2.16. The molecule has 3 rings (SSSR count). The molecular formula is C18H16BrN3O. The van der Waals surface area contributed by atoms with Crippen molar-refractivity contribution in [3.05, 3.63) is 75.0 Å². The van der Waals surface area contributed by atoms with Gasteiger partial charge >= 0.3 is 0 Å². The molecular weight excluding hydrogens is 354 g/mol. The van der Waals surface area contributed by atoms with Gasteiger partial charge in [-0.05, 0) is 17.7 Å². The van der Waals surface area contributed by atoms with Crippen LogP contribution in [-0.2, 0) is 14.1 Å². The van der Waals surface area contributed by atoms with Gasteiger partial charge in [0.1, 0.15) is 0 Å². The second-order valence-corrected chi connectivity index (χ2v) is 6.14. The van der Waals surface area contributed by atoms with E-state index in [9.17, 15) is 4.79 Å². The number of hydrogen-bond acceptors (Lipinski definition) is 2. The number of rotatable bonds is 3. The average Bonchev–Trinajstić information content (AvgIpc) is 2.79. The number of benzene rings is 2. The number of hydrogen-bond donors (Lipinski definition) is 0. The molecule has 0 aliphatic heterocycles. The summed E-state index contributed by atoms with van der Waals surface area (Å²) >= 11 is 3.41. The van der Waals surface area contributed by atoms with Gasteiger partial charge in [0, 0.05) is 30.3 Å². The Balaban J connectivity index is 2.10. The Kier molecular flexibility index (Phi) is 4.30. The smallest absolute Gasteiger partial charge is 0.283 e. The third-order valence-corrected chi connectivity index (χ3v) is 4.28. The highest BCUT2D eigenvalue weighted by Crippen LogP contribution is 2.27. The van der Waals surface area contributed by atoms with E-state index in [2.05, 4.69) is 20.9 Å². The van der Waals surface area contributed by atoms with E-state index in [0.29, 0.717) is 5.69 Å². The maximum Gasteiger partial charge on any atom is 0.292 e. The van der Waals surface area contributed by atoms with Crippen LogP contribution >= 0.6 is 15.9 Å². The maximum atomic E-state index is 12.5. The molecule has 0 aliphatic rings. The summed E-state index contributed by atoms with van der Waals surface area (Å²) in [6.45, 7) is 0. The molecule has 4 nitrogen and oxygen atoms in total. The molecule has 116 valence electrons. The molecule has 0 N–H and O–H groups in total. The average molecular weight is 370 g/mol. The highest BCUT2D eigenvalue weighted by Gasteiger charge is 2.16. The van der Waals surface area contributed by atoms with E-state index in [4.69, 9.17) is 0 Å². The molecule has 0 saturated carbocycles. The molecule has 23 heavy (non-hydrogen) atoms. The van der Waals surface area contributed by atoms with Crippen molar-refractivity contribution >= 4 is 27.8 Å². The van der Waals surface area contributed by atoms with Gasteiger partial charge in [-0.1, -0.05) is 58.4 Å². The number of aliphatic imine (C=N–C) groups is 1. The van der Waals surface area contributed by atoms with E-state index in [1.165, 1.54) is 0 Å². The highest BCUT2D eigenvalue weighted by atomic mass is 79.9. The van der Waals surface area contributed by atoms with Crippen molar-refractivity contribution in [2.24, 2.45) is 19.1 Å². The van der Waals surface area contributed by atoms with Crippen molar-refractivity contribution in [3.63, 3.8) is 0 Å². The van der Waals surface area contributed by atoms with E-state index >= 15 is 0 Å². The number of halogens is 1. The standard InChI is InChI=1S/C18H16BrN3O/c1-21-17(14-6-4-3-5-7-14)16(18(23)22(21)2)20-12-13-8-10-15(19)11-9-13/h3-12H,1-2H3. The minimum Gasteiger partial charge on any atom is -0.283 e. The van der Waals surface area contributed by atoms with Gasteiger partial charge in [-0.2, -0.15) is 0 Å². The predicted octanol–water partition coefficient (Wildman–Crippen LogP) is 3.90. The maximum absolute atomic E-state index is 12.5. The second-order valence-electron chi connectivity index (χ2n) is 5.23. The quantitative estimate of drug-likeness (QED) is 0.645. The minimum absolute atomic E-state index is 0.111. The molecule has 0 atom stereocenters. The molecule has 0 unspecified atom stereocenters. The summed E-state index contributed by atoms with van der Waals surface area (Å²) in [4.78, 5) is 16.9. The van der Waals surface area contributed by atoms with Gasteiger partial charge in [0.2, 0.25) is 0 Å². The van der Waals surface area contributed by atoms with Gasteiger partial charge in [-0.3, -0.25) is 14.2 Å². The summed E-state index contributed by atoms with van der Waals surface area (Å²) < 4.78 is 4.40. The summed E-state index contributed by atoms with van der Waals surface area (Å²) in [5, 5.41) is 0. The molecule has 2 aromatic carbocycles. The molecule has 0 bridgehead atoms. The summed E-state index contributed by atoms with van der Waals surface area (Å²) in [5.74, 6) is 0. The van der Waals surface area contributed by atoms with Crippen molar-refractivity contribution in [1.82, 2.24) is 9.36 Å². The first kappa shape index (κ1) is 15.5. The van der Waals surface area contributed by atoms with Gasteiger partial charge < -0.3 is 0 Å². The third kappa shape index (κ3) is 3.05. The van der Waals surface area contributed by atoms with Crippen LogP contribution in [0.2, 0.25) is 0 Å². The van der Waals surface area contributed by atoms with Crippen LogP contribution in [0.25, 0.3) is 11.3 Å². The Morgan fingerprint density at radius 3 is 2.26 bits per heavy atom. The van der Waals surface area contributed by atoms with E-state index in [1.54, 1.807) is 17.9 Å². The van der Waals surface area contributed by atoms with Crippen LogP contribution in [0.15, 0.2) is 68.9 Å². The Bertz CT molecular complexity index is 906. The largest absolute Gasteiger partial charge is 0.292 e. The van der Waals surface area contributed by atoms with E-state index < -0.39 is 0 Å². The zero-order chi connectivity index (χ0) is 16.4. The highest BCUT2D eigenvalue weighted by molar-refractivity contribution is 9.10. The van der Waals surface area contributed by atoms with Gasteiger partial charge in [0.15, 0.2) is 5.69 Å². The molecule has 1 aromatic heterocycles. The lowest BCUT2D eigenvalue weighted by Gasteiger charge is -2.05. The van der Waals surface area contributed by atoms with Crippen LogP contribution in [0.3, 0.4) is 0 Å². The fourth-order valence-corrected chi connectivity index (χ4v) is 2.68. The topological polar surface area (TPSA) is 39.3 Å². The first-order valence-corrected chi connectivity index (χ1v) is 7.98. The molecule has 0 amide bonds. The molecule has 0 radical (unpaired) electrons. The molecule has 0 aliphatic carbocycles. The summed E-state index contributed by atoms with van der Waals surface area (Å²) in [6, 6.07) is 17.6. The van der Waals surface area contributed by atoms with Crippen molar-refractivity contribution in [1.29, 1.82) is 0 Å². The third-order valence-electron chi connectivity index (χ3n) is 3.75. The van der Waals surface area contributed by atoms with Crippen LogP contribution in [-0.4, -0.2) is 15.6 Å². The first-order valence-electron chi connectivity index (χ1n) is 7.19. The minimum atomic E-state index is -0.111. The van der Waals surface area contributed by atoms with Crippen molar-refractivity contribution in [2.75, 3.05) is 0 Å². The summed E-state index contributed by atoms with van der Waals surface area (Å²) in [5.41, 5.74) is 3.06. The molecule has 0 spiro atoms. The Hall–Kier alpha value is -2.40. The van der Waals surface area contributed by atoms with Gasteiger partial charge in [0.05, 0.1) is 5.69 Å². The van der Waals surface area contributed by atoms with Gasteiger partial charge in [0.25, 0.3) is 5.56 Å². The monoisotopic (exact) mass is 369 g/mol. The Morgan fingerprint density at radius 1 is 0.957 bits per heavy atom. The normalized spacial score (nSPS) is 11.3. The number of nitrogens with zero attached hydrogens (tertiary/aromatic N) is 3. The molecule has 0 fully saturated rings. The fraction of sp³-hybridized carbons (Fsp3) is 0.111. The molecule has 0 saturated heterocycles. The predicted molar refractivity (Wildman–Crippen MR) is 97.5 cm³/mol. The summed E-state index contributed by atoms with van der Waals surface area (Å²) in [7, 11) is 3.61. The van der Waals surface area contributed by atoms with Crippen molar-refractivity contribution in [2.45, 2.75) is 0 Å². The molecule has 5 heteroatoms. The van der Waals surface area contributed by atoms with Gasteiger partial charge in [-0.25, -0.2) is 4.99 Å². The van der Waals surface area contributed by atoms with E-state index in [0.717, 1.165) is 21.3 Å². The van der Waals surface area contributed by atoms with Crippen LogP contribution < -0.4 is 5.56 Å². The van der Waals surface area contributed by atoms with Crippen molar-refractivity contribution in [3.8, 4) is 11.3 Å². The molecule has 1 heterocycles. The second kappa shape index (κ2) is 6.38. The van der Waals surface area contributed by atoms with Crippen molar-refractivity contribution < 1.29 is 0 Å². The Labute approximate surface area is 142 Å². The Morgan fingerprint density at radius 2 is 1.61 bits per heavy atom. The van der Waals surface area contributed by atoms with Crippen LogP contribution in [0.4, 0.5) is 5.69 Å². The zero-order valence-corrected chi connectivity index (χ0v) is 14.5. The summed E-state index contributed by atoms with van der Waals surface area (Å²) in [6.07, 6.45) is 1.72. The lowest BCUT2D eigenvalue weighted by molar-refractivity contribution is 0.584. The number of aromatic nitrogens is 2. The van der Waals surface area contributed by atoms with Crippen LogP contribution in [0, 0.1) is 0 Å². The first-order chi connectivity index (χ1) is 11.1. The fourth-order valence-electron chi connectivity index (χ4n) is 2.42.